The number of rotatable bonds is 5. The van der Waals surface area contributed by atoms with Gasteiger partial charge in [0.05, 0.1) is 19.1 Å². The number of carbonyl (C=O) groups is 3. The minimum absolute atomic E-state index is 0.0116. The van der Waals surface area contributed by atoms with Gasteiger partial charge in [-0.05, 0) is 72.1 Å². The summed E-state index contributed by atoms with van der Waals surface area (Å²) in [6, 6.07) is 0. The van der Waals surface area contributed by atoms with Crippen LogP contribution in [0, 0.1) is 23.2 Å². The van der Waals surface area contributed by atoms with Crippen LogP contribution in [0.3, 0.4) is 0 Å². The van der Waals surface area contributed by atoms with Crippen LogP contribution in [0.25, 0.3) is 0 Å². The van der Waals surface area contributed by atoms with Crippen molar-refractivity contribution in [1.82, 2.24) is 0 Å². The molecule has 2 saturated carbocycles. The van der Waals surface area contributed by atoms with E-state index in [1.54, 1.807) is 13.8 Å². The lowest BCUT2D eigenvalue weighted by Crippen LogP contribution is -2.40. The van der Waals surface area contributed by atoms with E-state index >= 15 is 0 Å². The van der Waals surface area contributed by atoms with E-state index in [4.69, 9.17) is 14.2 Å². The zero-order valence-corrected chi connectivity index (χ0v) is 17.1. The minimum Gasteiger partial charge on any atom is -0.465 e. The molecule has 27 heavy (non-hydrogen) atoms. The first kappa shape index (κ1) is 21.5. The Labute approximate surface area is 161 Å². The molecule has 0 saturated heterocycles. The lowest BCUT2D eigenvalue weighted by atomic mass is 9.73. The summed E-state index contributed by atoms with van der Waals surface area (Å²) >= 11 is 0. The summed E-state index contributed by atoms with van der Waals surface area (Å²) in [5.41, 5.74) is -0.949. The normalized spacial score (nSPS) is 26.9. The van der Waals surface area contributed by atoms with E-state index in [0.29, 0.717) is 25.7 Å². The van der Waals surface area contributed by atoms with Crippen molar-refractivity contribution in [3.8, 4) is 0 Å². The number of carbonyl (C=O) groups excluding carboxylic acids is 3. The first-order chi connectivity index (χ1) is 12.5. The Bertz CT molecular complexity index is 597. The molecular formula is C21H32O6. The Morgan fingerprint density at radius 2 is 1.63 bits per heavy atom. The van der Waals surface area contributed by atoms with Gasteiger partial charge in [-0.2, -0.15) is 0 Å². The van der Waals surface area contributed by atoms with Crippen molar-refractivity contribution in [2.75, 3.05) is 13.2 Å². The second-order valence-electron chi connectivity index (χ2n) is 8.63. The molecule has 2 aliphatic rings. The maximum atomic E-state index is 12.7. The van der Waals surface area contributed by atoms with Crippen molar-refractivity contribution in [2.45, 2.75) is 65.9 Å². The standard InChI is InChI=1S/C21H32O6/c1-7-25-18(23)21(19(24)26-8-2)11-15-10-14(9-13(3)16(15)12-21)17(22)27-20(4,5)6/h14-16H,3,7-12H2,1-2,4-6H3. The fourth-order valence-electron chi connectivity index (χ4n) is 4.38. The molecular weight excluding hydrogens is 348 g/mol. The van der Waals surface area contributed by atoms with E-state index in [0.717, 1.165) is 5.57 Å². The second kappa shape index (κ2) is 8.03. The molecule has 0 heterocycles. The molecule has 0 amide bonds. The average Bonchev–Trinajstić information content (AvgIpc) is 2.95. The van der Waals surface area contributed by atoms with Crippen molar-refractivity contribution in [3.05, 3.63) is 12.2 Å². The molecule has 2 aliphatic carbocycles. The van der Waals surface area contributed by atoms with Gasteiger partial charge < -0.3 is 14.2 Å². The van der Waals surface area contributed by atoms with E-state index in [1.807, 2.05) is 20.8 Å². The Balaban J connectivity index is 2.23. The van der Waals surface area contributed by atoms with Crippen LogP contribution in [0.5, 0.6) is 0 Å². The van der Waals surface area contributed by atoms with Crippen LogP contribution < -0.4 is 0 Å². The average molecular weight is 380 g/mol. The lowest BCUT2D eigenvalue weighted by molar-refractivity contribution is -0.172. The first-order valence-electron chi connectivity index (χ1n) is 9.79. The van der Waals surface area contributed by atoms with E-state index in [9.17, 15) is 14.4 Å². The van der Waals surface area contributed by atoms with Gasteiger partial charge in [0.2, 0.25) is 0 Å². The molecule has 0 bridgehead atoms. The third kappa shape index (κ3) is 4.53. The molecule has 0 aromatic carbocycles. The highest BCUT2D eigenvalue weighted by molar-refractivity contribution is 6.00. The SMILES string of the molecule is C=C1CC(C(=O)OC(C)(C)C)CC2CC(C(=O)OCC)(C(=O)OCC)CC12. The zero-order chi connectivity index (χ0) is 20.4. The third-order valence-corrected chi connectivity index (χ3v) is 5.44. The van der Waals surface area contributed by atoms with E-state index in [1.165, 1.54) is 0 Å². The first-order valence-corrected chi connectivity index (χ1v) is 9.79. The van der Waals surface area contributed by atoms with Gasteiger partial charge in [-0.1, -0.05) is 12.2 Å². The van der Waals surface area contributed by atoms with Gasteiger partial charge in [-0.15, -0.1) is 0 Å². The molecule has 152 valence electrons. The quantitative estimate of drug-likeness (QED) is 0.315. The molecule has 0 N–H and O–H groups in total. The molecule has 2 rings (SSSR count). The molecule has 0 radical (unpaired) electrons. The highest BCUT2D eigenvalue weighted by Crippen LogP contribution is 2.55. The number of hydrogen-bond acceptors (Lipinski definition) is 6. The van der Waals surface area contributed by atoms with Gasteiger partial charge in [0.25, 0.3) is 0 Å². The fraction of sp³-hybridized carbons (Fsp3) is 0.762. The second-order valence-corrected chi connectivity index (χ2v) is 8.63. The van der Waals surface area contributed by atoms with Crippen molar-refractivity contribution >= 4 is 17.9 Å². The van der Waals surface area contributed by atoms with Crippen molar-refractivity contribution < 1.29 is 28.6 Å². The maximum Gasteiger partial charge on any atom is 0.323 e. The summed E-state index contributed by atoms with van der Waals surface area (Å²) < 4.78 is 16.0. The summed E-state index contributed by atoms with van der Waals surface area (Å²) in [5, 5.41) is 0. The molecule has 0 aromatic rings. The number of allylic oxidation sites excluding steroid dienone is 1. The van der Waals surface area contributed by atoms with Crippen LogP contribution in [0.4, 0.5) is 0 Å². The smallest absolute Gasteiger partial charge is 0.323 e. The third-order valence-electron chi connectivity index (χ3n) is 5.44. The highest BCUT2D eigenvalue weighted by Gasteiger charge is 2.59. The maximum absolute atomic E-state index is 12.7. The Hall–Kier alpha value is -1.85. The highest BCUT2D eigenvalue weighted by atomic mass is 16.6. The van der Waals surface area contributed by atoms with Gasteiger partial charge >= 0.3 is 17.9 Å². The van der Waals surface area contributed by atoms with Crippen LogP contribution >= 0.6 is 0 Å². The van der Waals surface area contributed by atoms with E-state index in [2.05, 4.69) is 6.58 Å². The van der Waals surface area contributed by atoms with Crippen molar-refractivity contribution in [1.29, 1.82) is 0 Å². The zero-order valence-electron chi connectivity index (χ0n) is 17.1. The van der Waals surface area contributed by atoms with E-state index < -0.39 is 23.0 Å². The Morgan fingerprint density at radius 1 is 1.07 bits per heavy atom. The predicted octanol–water partition coefficient (Wildman–Crippen LogP) is 3.43. The Morgan fingerprint density at radius 3 is 2.11 bits per heavy atom. The van der Waals surface area contributed by atoms with Crippen LogP contribution in [0.2, 0.25) is 0 Å². The number of ether oxygens (including phenoxy) is 3. The lowest BCUT2D eigenvalue weighted by Gasteiger charge is -2.33. The molecule has 2 fully saturated rings. The van der Waals surface area contributed by atoms with Crippen LogP contribution in [0.15, 0.2) is 12.2 Å². The molecule has 0 spiro atoms. The summed E-state index contributed by atoms with van der Waals surface area (Å²) in [6.07, 6.45) is 1.78. The fourth-order valence-corrected chi connectivity index (χ4v) is 4.38. The number of fused-ring (bicyclic) bond motifs is 1. The summed E-state index contributed by atoms with van der Waals surface area (Å²) in [7, 11) is 0. The molecule has 3 unspecified atom stereocenters. The summed E-state index contributed by atoms with van der Waals surface area (Å²) in [6.45, 7) is 13.5. The molecule has 6 heteroatoms. The number of hydrogen-bond donors (Lipinski definition) is 0. The molecule has 0 aliphatic heterocycles. The predicted molar refractivity (Wildman–Crippen MR) is 99.6 cm³/mol. The largest absolute Gasteiger partial charge is 0.465 e. The van der Waals surface area contributed by atoms with Crippen molar-refractivity contribution in [3.63, 3.8) is 0 Å². The van der Waals surface area contributed by atoms with Gasteiger partial charge in [-0.25, -0.2) is 0 Å². The summed E-state index contributed by atoms with van der Waals surface area (Å²) in [4.78, 5) is 37.9. The Kier molecular flexibility index (Phi) is 6.38. The van der Waals surface area contributed by atoms with Crippen LogP contribution in [-0.4, -0.2) is 36.7 Å². The summed E-state index contributed by atoms with van der Waals surface area (Å²) in [5.74, 6) is -1.57. The molecule has 6 nitrogen and oxygen atoms in total. The monoisotopic (exact) mass is 380 g/mol. The minimum atomic E-state index is -1.30. The van der Waals surface area contributed by atoms with Gasteiger partial charge in [0, 0.05) is 0 Å². The van der Waals surface area contributed by atoms with Gasteiger partial charge in [0.1, 0.15) is 5.60 Å². The van der Waals surface area contributed by atoms with Gasteiger partial charge in [0.15, 0.2) is 5.41 Å². The van der Waals surface area contributed by atoms with Crippen LogP contribution in [0.1, 0.15) is 60.3 Å². The van der Waals surface area contributed by atoms with E-state index in [-0.39, 0.29) is 36.9 Å². The van der Waals surface area contributed by atoms with Crippen molar-refractivity contribution in [2.24, 2.45) is 23.2 Å². The topological polar surface area (TPSA) is 78.9 Å². The molecule has 0 aromatic heterocycles. The molecule has 3 atom stereocenters. The van der Waals surface area contributed by atoms with Crippen LogP contribution in [-0.2, 0) is 28.6 Å². The van der Waals surface area contributed by atoms with Gasteiger partial charge in [-0.3, -0.25) is 14.4 Å². The number of esters is 3.